The zero-order valence-corrected chi connectivity index (χ0v) is 21.8. The Labute approximate surface area is 215 Å². The van der Waals surface area contributed by atoms with E-state index in [-0.39, 0.29) is 22.9 Å². The van der Waals surface area contributed by atoms with Crippen LogP contribution in [0.4, 0.5) is 5.69 Å². The minimum Gasteiger partial charge on any atom is -0.384 e. The molecule has 2 aromatic rings. The lowest BCUT2D eigenvalue weighted by molar-refractivity contribution is -0.200. The summed E-state index contributed by atoms with van der Waals surface area (Å²) >= 11 is 3.60. The first kappa shape index (κ1) is 26.2. The molecule has 2 amide bonds. The highest BCUT2D eigenvalue weighted by Crippen LogP contribution is 2.51. The molecule has 35 heavy (non-hydrogen) atoms. The molecule has 2 aliphatic rings. The van der Waals surface area contributed by atoms with Gasteiger partial charge in [-0.25, -0.2) is 10.3 Å². The Morgan fingerprint density at radius 2 is 2.06 bits per heavy atom. The number of benzene rings is 1. The van der Waals surface area contributed by atoms with Crippen LogP contribution in [0.3, 0.4) is 0 Å². The molecular weight excluding hydrogens is 484 g/mol. The molecule has 0 aliphatic carbocycles. The molecule has 2 fully saturated rings. The lowest BCUT2D eigenvalue weighted by Gasteiger charge is -2.35. The summed E-state index contributed by atoms with van der Waals surface area (Å²) in [5.74, 6) is 0.861. The largest absolute Gasteiger partial charge is 0.384 e. The van der Waals surface area contributed by atoms with Gasteiger partial charge < -0.3 is 14.8 Å². The van der Waals surface area contributed by atoms with Crippen LogP contribution >= 0.6 is 23.1 Å². The van der Waals surface area contributed by atoms with Crippen molar-refractivity contribution >= 4 is 40.6 Å². The van der Waals surface area contributed by atoms with E-state index in [0.717, 1.165) is 54.0 Å². The predicted molar refractivity (Wildman–Crippen MR) is 140 cm³/mol. The van der Waals surface area contributed by atoms with Crippen LogP contribution in [0.25, 0.3) is 10.4 Å². The van der Waals surface area contributed by atoms with Crippen molar-refractivity contribution in [1.29, 1.82) is 0 Å². The summed E-state index contributed by atoms with van der Waals surface area (Å²) in [5.41, 5.74) is 4.46. The van der Waals surface area contributed by atoms with Gasteiger partial charge in [0.05, 0.1) is 17.8 Å². The minimum absolute atomic E-state index is 0.0692. The molecule has 1 unspecified atom stereocenters. The van der Waals surface area contributed by atoms with Crippen LogP contribution in [0.15, 0.2) is 36.4 Å². The van der Waals surface area contributed by atoms with Gasteiger partial charge in [0.15, 0.2) is 6.29 Å². The highest BCUT2D eigenvalue weighted by molar-refractivity contribution is 8.00. The molecule has 9 heteroatoms. The number of nitrogens with one attached hydrogen (secondary N) is 2. The Balaban J connectivity index is 1.44. The normalized spacial score (nSPS) is 22.5. The number of anilines is 1. The van der Waals surface area contributed by atoms with Crippen LogP contribution in [0.5, 0.6) is 0 Å². The van der Waals surface area contributed by atoms with Gasteiger partial charge >= 0.3 is 0 Å². The van der Waals surface area contributed by atoms with E-state index >= 15 is 0 Å². The van der Waals surface area contributed by atoms with Crippen LogP contribution in [0, 0.1) is 0 Å². The molecule has 1 aromatic heterocycles. The number of hydrogen-bond acceptors (Lipinski definition) is 7. The van der Waals surface area contributed by atoms with Crippen LogP contribution in [0.1, 0.15) is 56.2 Å². The van der Waals surface area contributed by atoms with Crippen molar-refractivity contribution in [2.75, 3.05) is 31.4 Å². The van der Waals surface area contributed by atoms with Gasteiger partial charge in [-0.15, -0.1) is 23.1 Å². The van der Waals surface area contributed by atoms with E-state index < -0.39 is 0 Å². The quantitative estimate of drug-likeness (QED) is 0.406. The molecule has 190 valence electrons. The summed E-state index contributed by atoms with van der Waals surface area (Å²) in [6, 6.07) is 12.1. The zero-order chi connectivity index (χ0) is 24.5. The molecule has 4 rings (SSSR count). The van der Waals surface area contributed by atoms with Gasteiger partial charge in [-0.05, 0) is 61.3 Å². The standard InChI is InChI=1S/C26H34N2O5S2/c1-31-15-12-23(29)27-20-8-6-7-19(17-20)21-10-11-22(35-21)26(13-3-5-16-34-26)18-24(30)28-33-25-9-2-4-14-32-25/h6-8,10-11,17,25H,2-5,9,12-16,18H2,1H3,(H,27,29)(H,28,30)/t25?,26-/m0/s1. The molecule has 2 atom stereocenters. The third kappa shape index (κ3) is 7.30. The molecule has 7 nitrogen and oxygen atoms in total. The lowest BCUT2D eigenvalue weighted by Crippen LogP contribution is -2.37. The van der Waals surface area contributed by atoms with Crippen LogP contribution in [0.2, 0.25) is 0 Å². The minimum atomic E-state index is -0.349. The fourth-order valence-electron chi connectivity index (χ4n) is 4.41. The highest BCUT2D eigenvalue weighted by Gasteiger charge is 2.38. The number of thiophene rings is 1. The summed E-state index contributed by atoms with van der Waals surface area (Å²) < 4.78 is 10.3. The van der Waals surface area contributed by atoms with Crippen molar-refractivity contribution in [2.24, 2.45) is 0 Å². The third-order valence-corrected chi connectivity index (χ3v) is 9.34. The van der Waals surface area contributed by atoms with Gasteiger partial charge in [-0.2, -0.15) is 0 Å². The molecule has 2 saturated heterocycles. The fourth-order valence-corrected chi connectivity index (χ4v) is 7.30. The summed E-state index contributed by atoms with van der Waals surface area (Å²) in [4.78, 5) is 32.8. The topological polar surface area (TPSA) is 85.9 Å². The Morgan fingerprint density at radius 3 is 2.83 bits per heavy atom. The summed E-state index contributed by atoms with van der Waals surface area (Å²) in [7, 11) is 1.58. The van der Waals surface area contributed by atoms with Crippen molar-refractivity contribution < 1.29 is 23.9 Å². The Hall–Kier alpha value is -1.91. The lowest BCUT2D eigenvalue weighted by atomic mass is 9.94. The number of hydroxylamine groups is 1. The number of amides is 2. The zero-order valence-electron chi connectivity index (χ0n) is 20.2. The van der Waals surface area contributed by atoms with Crippen molar-refractivity contribution in [1.82, 2.24) is 5.48 Å². The van der Waals surface area contributed by atoms with E-state index in [9.17, 15) is 9.59 Å². The molecule has 0 spiro atoms. The summed E-state index contributed by atoms with van der Waals surface area (Å²) in [5, 5.41) is 2.94. The van der Waals surface area contributed by atoms with Gasteiger partial charge in [0, 0.05) is 42.0 Å². The van der Waals surface area contributed by atoms with E-state index in [1.54, 1.807) is 18.4 Å². The average molecular weight is 519 g/mol. The molecule has 0 bridgehead atoms. The SMILES string of the molecule is COCCC(=O)Nc1cccc(-c2ccc([C@@]3(CC(=O)NOC4CCCCO4)CCCCS3)s2)c1. The Kier molecular flexibility index (Phi) is 9.62. The molecule has 0 radical (unpaired) electrons. The average Bonchev–Trinajstić information content (AvgIpc) is 3.39. The van der Waals surface area contributed by atoms with Crippen molar-refractivity contribution in [3.63, 3.8) is 0 Å². The molecule has 0 saturated carbocycles. The second kappa shape index (κ2) is 12.9. The van der Waals surface area contributed by atoms with E-state index in [0.29, 0.717) is 26.1 Å². The van der Waals surface area contributed by atoms with Crippen LogP contribution in [-0.4, -0.2) is 44.2 Å². The number of methoxy groups -OCH3 is 1. The monoisotopic (exact) mass is 518 g/mol. The van der Waals surface area contributed by atoms with E-state index in [2.05, 4.69) is 22.9 Å². The first-order valence-electron chi connectivity index (χ1n) is 12.3. The van der Waals surface area contributed by atoms with Crippen molar-refractivity contribution in [2.45, 2.75) is 62.4 Å². The van der Waals surface area contributed by atoms with Gasteiger partial charge in [0.2, 0.25) is 11.8 Å². The number of hydrogen-bond donors (Lipinski definition) is 2. The molecular formula is C26H34N2O5S2. The number of rotatable bonds is 10. The molecule has 2 N–H and O–H groups in total. The van der Waals surface area contributed by atoms with Crippen LogP contribution < -0.4 is 10.8 Å². The molecule has 3 heterocycles. The van der Waals surface area contributed by atoms with Gasteiger partial charge in [0.1, 0.15) is 0 Å². The Bertz CT molecular complexity index is 984. The van der Waals surface area contributed by atoms with E-state index in [4.69, 9.17) is 14.3 Å². The third-order valence-electron chi connectivity index (χ3n) is 6.26. The maximum absolute atomic E-state index is 12.9. The maximum atomic E-state index is 12.9. The van der Waals surface area contributed by atoms with Crippen LogP contribution in [-0.2, 0) is 28.6 Å². The van der Waals surface area contributed by atoms with E-state index in [1.165, 1.54) is 11.3 Å². The van der Waals surface area contributed by atoms with Crippen molar-refractivity contribution in [3.8, 4) is 10.4 Å². The molecule has 1 aromatic carbocycles. The fraction of sp³-hybridized carbons (Fsp3) is 0.538. The maximum Gasteiger partial charge on any atom is 0.245 e. The second-order valence-corrected chi connectivity index (χ2v) is 11.5. The van der Waals surface area contributed by atoms with Gasteiger partial charge in [-0.1, -0.05) is 18.6 Å². The number of carbonyl (C=O) groups excluding carboxylic acids is 2. The summed E-state index contributed by atoms with van der Waals surface area (Å²) in [6.45, 7) is 1.07. The smallest absolute Gasteiger partial charge is 0.245 e. The summed E-state index contributed by atoms with van der Waals surface area (Å²) in [6.07, 6.45) is 6.47. The highest BCUT2D eigenvalue weighted by atomic mass is 32.2. The Morgan fingerprint density at radius 1 is 1.14 bits per heavy atom. The number of carbonyl (C=O) groups is 2. The van der Waals surface area contributed by atoms with Crippen molar-refractivity contribution in [3.05, 3.63) is 41.3 Å². The molecule has 2 aliphatic heterocycles. The number of ether oxygens (including phenoxy) is 2. The second-order valence-electron chi connectivity index (χ2n) is 8.95. The first-order chi connectivity index (χ1) is 17.1. The van der Waals surface area contributed by atoms with Gasteiger partial charge in [-0.3, -0.25) is 9.59 Å². The van der Waals surface area contributed by atoms with Gasteiger partial charge in [0.25, 0.3) is 0 Å². The first-order valence-corrected chi connectivity index (χ1v) is 14.1. The predicted octanol–water partition coefficient (Wildman–Crippen LogP) is 5.47. The number of thioether (sulfide) groups is 1. The van der Waals surface area contributed by atoms with E-state index in [1.807, 2.05) is 36.0 Å².